The van der Waals surface area contributed by atoms with Gasteiger partial charge in [-0.2, -0.15) is 0 Å². The Balaban J connectivity index is 2.55. The summed E-state index contributed by atoms with van der Waals surface area (Å²) in [6.45, 7) is 0. The highest BCUT2D eigenvalue weighted by molar-refractivity contribution is 7.18. The van der Waals surface area contributed by atoms with E-state index in [2.05, 4.69) is 10.2 Å². The lowest BCUT2D eigenvalue weighted by Gasteiger charge is -1.97. The molecule has 0 saturated heterocycles. The molecule has 1 heterocycles. The van der Waals surface area contributed by atoms with E-state index in [9.17, 15) is 4.39 Å². The van der Waals surface area contributed by atoms with E-state index in [-0.39, 0.29) is 5.82 Å². The maximum Gasteiger partial charge on any atom is 0.203 e. The Morgan fingerprint density at radius 2 is 2.14 bits per heavy atom. The second-order valence-electron chi connectivity index (χ2n) is 2.57. The van der Waals surface area contributed by atoms with Crippen LogP contribution in [0.5, 0.6) is 0 Å². The molecular formula is C8H5ClFN3S. The Bertz CT molecular complexity index is 471. The largest absolute Gasteiger partial charge is 0.374 e. The maximum absolute atomic E-state index is 13.3. The van der Waals surface area contributed by atoms with Gasteiger partial charge in [-0.3, -0.25) is 0 Å². The fourth-order valence-electron chi connectivity index (χ4n) is 1.00. The molecule has 0 amide bonds. The van der Waals surface area contributed by atoms with Gasteiger partial charge < -0.3 is 5.73 Å². The highest BCUT2D eigenvalue weighted by atomic mass is 35.5. The van der Waals surface area contributed by atoms with Crippen LogP contribution in [0.25, 0.3) is 10.6 Å². The standard InChI is InChI=1S/C8H5ClFN3S/c9-4-1-2-6(10)5(3-4)7-12-13-8(11)14-7/h1-3H,(H2,11,13). The van der Waals surface area contributed by atoms with E-state index in [1.807, 2.05) is 0 Å². The summed E-state index contributed by atoms with van der Waals surface area (Å²) in [5, 5.41) is 8.52. The van der Waals surface area contributed by atoms with Crippen LogP contribution >= 0.6 is 22.9 Å². The third-order valence-corrected chi connectivity index (χ3v) is 2.62. The maximum atomic E-state index is 13.3. The van der Waals surface area contributed by atoms with E-state index in [0.29, 0.717) is 20.7 Å². The van der Waals surface area contributed by atoms with Crippen LogP contribution in [0.1, 0.15) is 0 Å². The van der Waals surface area contributed by atoms with Crippen LogP contribution in [-0.2, 0) is 0 Å². The van der Waals surface area contributed by atoms with Crippen molar-refractivity contribution in [2.45, 2.75) is 0 Å². The predicted octanol–water partition coefficient (Wildman–Crippen LogP) is 2.58. The van der Waals surface area contributed by atoms with Crippen LogP contribution in [0.15, 0.2) is 18.2 Å². The average molecular weight is 230 g/mol. The van der Waals surface area contributed by atoms with Gasteiger partial charge in [0, 0.05) is 10.6 Å². The summed E-state index contributed by atoms with van der Waals surface area (Å²) in [5.41, 5.74) is 5.72. The lowest BCUT2D eigenvalue weighted by atomic mass is 10.2. The molecule has 0 fully saturated rings. The molecule has 0 aliphatic rings. The highest BCUT2D eigenvalue weighted by Gasteiger charge is 2.10. The number of halogens is 2. The Hall–Kier alpha value is -1.20. The van der Waals surface area contributed by atoms with Crippen molar-refractivity contribution in [1.29, 1.82) is 0 Å². The van der Waals surface area contributed by atoms with Crippen molar-refractivity contribution in [3.63, 3.8) is 0 Å². The minimum absolute atomic E-state index is 0.305. The van der Waals surface area contributed by atoms with E-state index in [4.69, 9.17) is 17.3 Å². The SMILES string of the molecule is Nc1nnc(-c2cc(Cl)ccc2F)s1. The van der Waals surface area contributed by atoms with E-state index in [1.165, 1.54) is 18.2 Å². The number of nitrogens with two attached hydrogens (primary N) is 1. The van der Waals surface area contributed by atoms with Crippen molar-refractivity contribution in [1.82, 2.24) is 10.2 Å². The van der Waals surface area contributed by atoms with Gasteiger partial charge in [0.2, 0.25) is 5.13 Å². The first-order chi connectivity index (χ1) is 6.66. The highest BCUT2D eigenvalue weighted by Crippen LogP contribution is 2.29. The van der Waals surface area contributed by atoms with Crippen LogP contribution in [-0.4, -0.2) is 10.2 Å². The number of hydrogen-bond acceptors (Lipinski definition) is 4. The normalized spacial score (nSPS) is 10.4. The van der Waals surface area contributed by atoms with Crippen LogP contribution < -0.4 is 5.73 Å². The number of nitrogen functional groups attached to an aromatic ring is 1. The molecule has 0 atom stereocenters. The summed E-state index contributed by atoms with van der Waals surface area (Å²) in [4.78, 5) is 0. The third kappa shape index (κ3) is 1.69. The Labute approximate surface area is 88.3 Å². The summed E-state index contributed by atoms with van der Waals surface area (Å²) in [5.74, 6) is -0.384. The third-order valence-electron chi connectivity index (χ3n) is 1.60. The minimum atomic E-state index is -0.384. The average Bonchev–Trinajstić information content (AvgIpc) is 2.56. The molecule has 0 aliphatic carbocycles. The summed E-state index contributed by atoms with van der Waals surface area (Å²) < 4.78 is 13.3. The van der Waals surface area contributed by atoms with Gasteiger partial charge in [0.25, 0.3) is 0 Å². The molecule has 2 rings (SSSR count). The molecule has 72 valence electrons. The molecule has 14 heavy (non-hydrogen) atoms. The van der Waals surface area contributed by atoms with Gasteiger partial charge >= 0.3 is 0 Å². The van der Waals surface area contributed by atoms with Crippen molar-refractivity contribution in [3.05, 3.63) is 29.0 Å². The van der Waals surface area contributed by atoms with E-state index < -0.39 is 0 Å². The van der Waals surface area contributed by atoms with Crippen LogP contribution in [0.3, 0.4) is 0 Å². The van der Waals surface area contributed by atoms with Crippen LogP contribution in [0.4, 0.5) is 9.52 Å². The second kappa shape index (κ2) is 3.51. The smallest absolute Gasteiger partial charge is 0.203 e. The molecule has 3 nitrogen and oxygen atoms in total. The van der Waals surface area contributed by atoms with Crippen molar-refractivity contribution in [3.8, 4) is 10.6 Å². The fourth-order valence-corrected chi connectivity index (χ4v) is 1.80. The molecule has 0 spiro atoms. The molecule has 0 saturated carbocycles. The number of anilines is 1. The van der Waals surface area contributed by atoms with Crippen molar-refractivity contribution in [2.75, 3.05) is 5.73 Å². The first kappa shape index (κ1) is 9.36. The molecule has 2 N–H and O–H groups in total. The molecule has 0 aliphatic heterocycles. The van der Waals surface area contributed by atoms with Crippen molar-refractivity contribution < 1.29 is 4.39 Å². The van der Waals surface area contributed by atoms with Crippen LogP contribution in [0, 0.1) is 5.82 Å². The molecule has 0 radical (unpaired) electrons. The molecule has 0 bridgehead atoms. The first-order valence-electron chi connectivity index (χ1n) is 3.71. The Morgan fingerprint density at radius 3 is 2.79 bits per heavy atom. The second-order valence-corrected chi connectivity index (χ2v) is 4.02. The number of rotatable bonds is 1. The predicted molar refractivity (Wildman–Crippen MR) is 54.7 cm³/mol. The number of aromatic nitrogens is 2. The quantitative estimate of drug-likeness (QED) is 0.818. The van der Waals surface area contributed by atoms with Gasteiger partial charge in [-0.05, 0) is 18.2 Å². The molecule has 1 aromatic heterocycles. The van der Waals surface area contributed by atoms with Gasteiger partial charge in [0.15, 0.2) is 5.01 Å². The zero-order valence-corrected chi connectivity index (χ0v) is 8.44. The van der Waals surface area contributed by atoms with Gasteiger partial charge in [-0.25, -0.2) is 4.39 Å². The molecule has 0 unspecified atom stereocenters. The molecular weight excluding hydrogens is 225 g/mol. The first-order valence-corrected chi connectivity index (χ1v) is 4.90. The molecule has 2 aromatic rings. The van der Waals surface area contributed by atoms with E-state index >= 15 is 0 Å². The zero-order chi connectivity index (χ0) is 10.1. The van der Waals surface area contributed by atoms with Crippen molar-refractivity contribution >= 4 is 28.1 Å². The van der Waals surface area contributed by atoms with Gasteiger partial charge in [0.05, 0.1) is 0 Å². The van der Waals surface area contributed by atoms with Gasteiger partial charge in [0.1, 0.15) is 5.82 Å². The fraction of sp³-hybridized carbons (Fsp3) is 0. The van der Waals surface area contributed by atoms with Crippen LogP contribution in [0.2, 0.25) is 5.02 Å². The molecule has 6 heteroatoms. The minimum Gasteiger partial charge on any atom is -0.374 e. The van der Waals surface area contributed by atoms with E-state index in [1.54, 1.807) is 0 Å². The van der Waals surface area contributed by atoms with Gasteiger partial charge in [-0.1, -0.05) is 22.9 Å². The van der Waals surface area contributed by atoms with Gasteiger partial charge in [-0.15, -0.1) is 10.2 Å². The summed E-state index contributed by atoms with van der Waals surface area (Å²) >= 11 is 6.85. The zero-order valence-electron chi connectivity index (χ0n) is 6.87. The topological polar surface area (TPSA) is 51.8 Å². The number of hydrogen-bond donors (Lipinski definition) is 1. The molecule has 1 aromatic carbocycles. The summed E-state index contributed by atoms with van der Waals surface area (Å²) in [6.07, 6.45) is 0. The summed E-state index contributed by atoms with van der Waals surface area (Å²) in [7, 11) is 0. The monoisotopic (exact) mass is 229 g/mol. The van der Waals surface area contributed by atoms with E-state index in [0.717, 1.165) is 11.3 Å². The number of nitrogens with zero attached hydrogens (tertiary/aromatic N) is 2. The number of benzene rings is 1. The Morgan fingerprint density at radius 1 is 1.36 bits per heavy atom. The Kier molecular flexibility index (Phi) is 2.35. The lowest BCUT2D eigenvalue weighted by molar-refractivity contribution is 0.631. The van der Waals surface area contributed by atoms with Crippen molar-refractivity contribution in [2.24, 2.45) is 0 Å². The lowest BCUT2D eigenvalue weighted by Crippen LogP contribution is -1.83. The summed E-state index contributed by atoms with van der Waals surface area (Å²) in [6, 6.07) is 4.26.